The van der Waals surface area contributed by atoms with Crippen molar-refractivity contribution >= 4 is 19.5 Å². The van der Waals surface area contributed by atoms with Gasteiger partial charge in [0.25, 0.3) is 0 Å². The third-order valence-corrected chi connectivity index (χ3v) is 5.49. The first-order chi connectivity index (χ1) is 12.8. The highest BCUT2D eigenvalue weighted by Crippen LogP contribution is 2.48. The van der Waals surface area contributed by atoms with Gasteiger partial charge in [0.2, 0.25) is 5.91 Å². The molecular weight excluding hydrogens is 375 g/mol. The lowest BCUT2D eigenvalue weighted by atomic mass is 10.1. The Bertz CT molecular complexity index is 641. The van der Waals surface area contributed by atoms with Crippen LogP contribution in [0.25, 0.3) is 0 Å². The summed E-state index contributed by atoms with van der Waals surface area (Å²) in [6, 6.07) is 9.19. The lowest BCUT2D eigenvalue weighted by Gasteiger charge is -2.24. The molecule has 6 N–H and O–H groups in total. The van der Waals surface area contributed by atoms with Crippen LogP contribution >= 0.6 is 7.60 Å². The molecule has 1 aromatic carbocycles. The van der Waals surface area contributed by atoms with Crippen molar-refractivity contribution in [3.8, 4) is 0 Å². The average molecular weight is 402 g/mol. The second-order valence-electron chi connectivity index (χ2n) is 6.03. The molecule has 1 rings (SSSR count). The summed E-state index contributed by atoms with van der Waals surface area (Å²) in [5.41, 5.74) is 6.26. The number of hydrogen-bond acceptors (Lipinski definition) is 6. The molecule has 0 radical (unpaired) electrons. The van der Waals surface area contributed by atoms with Crippen molar-refractivity contribution in [3.63, 3.8) is 0 Å². The second-order valence-corrected chi connectivity index (χ2v) is 7.99. The van der Waals surface area contributed by atoms with E-state index in [0.29, 0.717) is 25.8 Å². The van der Waals surface area contributed by atoms with Gasteiger partial charge in [0.15, 0.2) is 11.9 Å². The molecule has 0 fully saturated rings. The van der Waals surface area contributed by atoms with E-state index in [2.05, 4.69) is 5.32 Å². The van der Waals surface area contributed by atoms with Crippen molar-refractivity contribution in [2.45, 2.75) is 44.0 Å². The number of rotatable bonds is 13. The number of carboxylic acid groups (broad SMARTS) is 1. The SMILES string of the molecule is NCCCCC(OP(=O)(O)[C@@H](CO)NC(=O)CCc1ccccc1)C(=O)O. The molecule has 0 saturated carbocycles. The molecule has 27 heavy (non-hydrogen) atoms. The number of aryl methyl sites for hydroxylation is 1. The minimum Gasteiger partial charge on any atom is -0.479 e. The second kappa shape index (κ2) is 11.8. The summed E-state index contributed by atoms with van der Waals surface area (Å²) in [6.07, 6.45) is -0.125. The molecule has 0 aliphatic carbocycles. The lowest BCUT2D eigenvalue weighted by molar-refractivity contribution is -0.145. The Kier molecular flexibility index (Phi) is 10.2. The Balaban J connectivity index is 2.63. The normalized spacial score (nSPS) is 15.5. The van der Waals surface area contributed by atoms with Gasteiger partial charge in [-0.3, -0.25) is 13.9 Å². The van der Waals surface area contributed by atoms with Crippen molar-refractivity contribution < 1.29 is 33.8 Å². The maximum atomic E-state index is 12.4. The number of nitrogens with one attached hydrogen (secondary N) is 1. The van der Waals surface area contributed by atoms with Gasteiger partial charge < -0.3 is 26.2 Å². The number of carbonyl (C=O) groups is 2. The zero-order valence-corrected chi connectivity index (χ0v) is 15.9. The minimum absolute atomic E-state index is 0.00279. The highest BCUT2D eigenvalue weighted by atomic mass is 31.2. The first kappa shape index (κ1) is 23.3. The zero-order chi connectivity index (χ0) is 20.3. The molecule has 9 nitrogen and oxygen atoms in total. The Morgan fingerprint density at radius 1 is 1.22 bits per heavy atom. The Hall–Kier alpha value is -1.77. The summed E-state index contributed by atoms with van der Waals surface area (Å²) in [6.45, 7) is -0.500. The van der Waals surface area contributed by atoms with E-state index in [0.717, 1.165) is 5.56 Å². The third kappa shape index (κ3) is 8.64. The van der Waals surface area contributed by atoms with Gasteiger partial charge in [-0.1, -0.05) is 30.3 Å². The van der Waals surface area contributed by atoms with Gasteiger partial charge in [-0.25, -0.2) is 4.79 Å². The number of aliphatic carboxylic acids is 1. The molecule has 0 aromatic heterocycles. The molecule has 152 valence electrons. The van der Waals surface area contributed by atoms with E-state index in [-0.39, 0.29) is 12.8 Å². The summed E-state index contributed by atoms with van der Waals surface area (Å²) in [5.74, 6) is -3.55. The van der Waals surface area contributed by atoms with Crippen LogP contribution < -0.4 is 11.1 Å². The van der Waals surface area contributed by atoms with Crippen LogP contribution in [0.2, 0.25) is 0 Å². The van der Waals surface area contributed by atoms with Gasteiger partial charge in [-0.05, 0) is 37.8 Å². The third-order valence-electron chi connectivity index (χ3n) is 3.85. The summed E-state index contributed by atoms with van der Waals surface area (Å²) in [7, 11) is -4.60. The largest absolute Gasteiger partial charge is 0.479 e. The van der Waals surface area contributed by atoms with E-state index in [9.17, 15) is 24.2 Å². The quantitative estimate of drug-likeness (QED) is 0.240. The van der Waals surface area contributed by atoms with Crippen LogP contribution in [0.3, 0.4) is 0 Å². The number of unbranched alkanes of at least 4 members (excludes halogenated alkanes) is 1. The van der Waals surface area contributed by atoms with Crippen molar-refractivity contribution in [1.82, 2.24) is 5.32 Å². The molecule has 0 bridgehead atoms. The molecule has 0 aliphatic heterocycles. The number of hydrogen-bond donors (Lipinski definition) is 5. The molecular formula is C17H27N2O7P. The molecule has 10 heteroatoms. The lowest BCUT2D eigenvalue weighted by Crippen LogP contribution is -2.39. The number of nitrogens with two attached hydrogens (primary N) is 1. The van der Waals surface area contributed by atoms with Gasteiger partial charge in [0.1, 0.15) is 0 Å². The van der Waals surface area contributed by atoms with Crippen molar-refractivity contribution in [2.24, 2.45) is 5.73 Å². The molecule has 1 amide bonds. The average Bonchev–Trinajstić information content (AvgIpc) is 2.64. The van der Waals surface area contributed by atoms with Crippen LogP contribution in [0.15, 0.2) is 30.3 Å². The molecule has 2 unspecified atom stereocenters. The number of carboxylic acids is 1. The maximum Gasteiger partial charge on any atom is 0.353 e. The van der Waals surface area contributed by atoms with Crippen LogP contribution in [0.5, 0.6) is 0 Å². The molecule has 1 aromatic rings. The topological polar surface area (TPSA) is 159 Å². The minimum atomic E-state index is -4.60. The summed E-state index contributed by atoms with van der Waals surface area (Å²) in [5, 5.41) is 20.8. The first-order valence-electron chi connectivity index (χ1n) is 8.68. The van der Waals surface area contributed by atoms with E-state index in [1.807, 2.05) is 30.3 Å². The van der Waals surface area contributed by atoms with Crippen LogP contribution in [-0.2, 0) is 25.1 Å². The molecule has 0 aliphatic rings. The highest BCUT2D eigenvalue weighted by Gasteiger charge is 2.37. The van der Waals surface area contributed by atoms with Gasteiger partial charge >= 0.3 is 13.6 Å². The summed E-state index contributed by atoms with van der Waals surface area (Å²) in [4.78, 5) is 33.3. The smallest absolute Gasteiger partial charge is 0.353 e. The Morgan fingerprint density at radius 2 is 1.89 bits per heavy atom. The first-order valence-corrected chi connectivity index (χ1v) is 10.3. The fourth-order valence-electron chi connectivity index (χ4n) is 2.34. The van der Waals surface area contributed by atoms with Crippen molar-refractivity contribution in [3.05, 3.63) is 35.9 Å². The van der Waals surface area contributed by atoms with Crippen molar-refractivity contribution in [2.75, 3.05) is 13.2 Å². The zero-order valence-electron chi connectivity index (χ0n) is 15.0. The van der Waals surface area contributed by atoms with Crippen LogP contribution in [0.4, 0.5) is 0 Å². The van der Waals surface area contributed by atoms with Crippen molar-refractivity contribution in [1.29, 1.82) is 0 Å². The Labute approximate surface area is 158 Å². The number of amides is 1. The summed E-state index contributed by atoms with van der Waals surface area (Å²) >= 11 is 0. The number of benzene rings is 1. The maximum absolute atomic E-state index is 12.4. The Morgan fingerprint density at radius 3 is 2.44 bits per heavy atom. The molecule has 0 spiro atoms. The van der Waals surface area contributed by atoms with E-state index >= 15 is 0 Å². The predicted octanol–water partition coefficient (Wildman–Crippen LogP) is 0.838. The molecule has 0 heterocycles. The van der Waals surface area contributed by atoms with Gasteiger partial charge in [-0.15, -0.1) is 0 Å². The van der Waals surface area contributed by atoms with Gasteiger partial charge in [0.05, 0.1) is 6.61 Å². The predicted molar refractivity (Wildman–Crippen MR) is 99.0 cm³/mol. The monoisotopic (exact) mass is 402 g/mol. The summed E-state index contributed by atoms with van der Waals surface area (Å²) < 4.78 is 17.2. The number of carbonyl (C=O) groups excluding carboxylic acids is 1. The van der Waals surface area contributed by atoms with E-state index in [1.54, 1.807) is 0 Å². The number of aliphatic hydroxyl groups excluding tert-OH is 1. The number of aliphatic hydroxyl groups is 1. The van der Waals surface area contributed by atoms with Gasteiger partial charge in [-0.2, -0.15) is 0 Å². The van der Waals surface area contributed by atoms with E-state index in [1.165, 1.54) is 0 Å². The van der Waals surface area contributed by atoms with Crippen LogP contribution in [0, 0.1) is 0 Å². The van der Waals surface area contributed by atoms with E-state index in [4.69, 9.17) is 15.4 Å². The van der Waals surface area contributed by atoms with E-state index < -0.39 is 38.0 Å². The van der Waals surface area contributed by atoms with Crippen LogP contribution in [0.1, 0.15) is 31.2 Å². The van der Waals surface area contributed by atoms with Crippen LogP contribution in [-0.4, -0.2) is 52.0 Å². The fourth-order valence-corrected chi connectivity index (χ4v) is 3.56. The molecule has 3 atom stereocenters. The fraction of sp³-hybridized carbons (Fsp3) is 0.529. The van der Waals surface area contributed by atoms with Gasteiger partial charge in [0, 0.05) is 6.42 Å². The standard InChI is InChI=1S/C17H27N2O7P/c18-11-5-4-8-14(17(22)23)26-27(24,25)16(12-20)19-15(21)10-9-13-6-2-1-3-7-13/h1-3,6-7,14,16,20H,4-5,8-12,18H2,(H,19,21)(H,22,23)(H,24,25)/t14?,16-/m0/s1. The molecule has 0 saturated heterocycles. The highest BCUT2D eigenvalue weighted by molar-refractivity contribution is 7.53.